The van der Waals surface area contributed by atoms with Crippen LogP contribution in [0.25, 0.3) is 5.70 Å². The predicted molar refractivity (Wildman–Crippen MR) is 107 cm³/mol. The third kappa shape index (κ3) is 3.18. The number of nitrogens with one attached hydrogen (secondary N) is 1. The van der Waals surface area contributed by atoms with Crippen molar-refractivity contribution >= 4 is 34.2 Å². The average Bonchev–Trinajstić information content (AvgIpc) is 3.10. The van der Waals surface area contributed by atoms with Gasteiger partial charge in [0.25, 0.3) is 0 Å². The van der Waals surface area contributed by atoms with Crippen LogP contribution in [-0.4, -0.2) is 20.2 Å². The van der Waals surface area contributed by atoms with Crippen LogP contribution in [0.5, 0.6) is 0 Å². The highest BCUT2D eigenvalue weighted by molar-refractivity contribution is 14.1. The normalized spacial score (nSPS) is 16.3. The fraction of sp³-hybridized carbons (Fsp3) is 0.211. The molecule has 6 heteroatoms. The van der Waals surface area contributed by atoms with Gasteiger partial charge in [0.15, 0.2) is 0 Å². The zero-order valence-electron chi connectivity index (χ0n) is 14.0. The SMILES string of the molecule is CC(C)c1ccc(C2C=C(c3ccc(I)cc3)Nc3nnnn32)cc1. The third-order valence-electron chi connectivity index (χ3n) is 4.43. The smallest absolute Gasteiger partial charge is 0.248 e. The minimum absolute atomic E-state index is 0.0262. The molecule has 4 rings (SSSR count). The number of anilines is 1. The molecule has 0 radical (unpaired) electrons. The molecular formula is C19H18IN5. The second kappa shape index (κ2) is 6.59. The van der Waals surface area contributed by atoms with Crippen molar-refractivity contribution in [3.05, 3.63) is 74.9 Å². The summed E-state index contributed by atoms with van der Waals surface area (Å²) in [6, 6.07) is 17.1. The van der Waals surface area contributed by atoms with Crippen LogP contribution in [0.1, 0.15) is 42.5 Å². The first-order valence-corrected chi connectivity index (χ1v) is 9.32. The van der Waals surface area contributed by atoms with E-state index in [4.69, 9.17) is 0 Å². The standard InChI is InChI=1S/C19H18IN5/c1-12(2)13-3-5-15(6-4-13)18-11-17(14-7-9-16(20)10-8-14)21-19-22-23-24-25(18)19/h3-12,18H,1-2H3,(H,21,22,24). The minimum atomic E-state index is -0.0262. The van der Waals surface area contributed by atoms with Gasteiger partial charge in [-0.25, -0.2) is 0 Å². The summed E-state index contributed by atoms with van der Waals surface area (Å²) in [5.41, 5.74) is 4.65. The molecule has 2 aromatic carbocycles. The molecule has 1 aliphatic heterocycles. The van der Waals surface area contributed by atoms with Crippen LogP contribution in [0.15, 0.2) is 54.6 Å². The molecule has 0 fully saturated rings. The molecule has 1 aromatic heterocycles. The minimum Gasteiger partial charge on any atom is -0.323 e. The molecule has 0 saturated carbocycles. The molecule has 25 heavy (non-hydrogen) atoms. The first-order valence-electron chi connectivity index (χ1n) is 8.24. The van der Waals surface area contributed by atoms with Crippen molar-refractivity contribution in [1.29, 1.82) is 0 Å². The number of rotatable bonds is 3. The Bertz CT molecular complexity index is 910. The van der Waals surface area contributed by atoms with E-state index >= 15 is 0 Å². The van der Waals surface area contributed by atoms with Crippen molar-refractivity contribution < 1.29 is 0 Å². The number of halogens is 1. The van der Waals surface area contributed by atoms with Gasteiger partial charge >= 0.3 is 0 Å². The molecule has 0 aliphatic carbocycles. The quantitative estimate of drug-likeness (QED) is 0.608. The van der Waals surface area contributed by atoms with E-state index in [9.17, 15) is 0 Å². The maximum atomic E-state index is 4.16. The summed E-state index contributed by atoms with van der Waals surface area (Å²) in [7, 11) is 0. The van der Waals surface area contributed by atoms with E-state index in [0.717, 1.165) is 11.3 Å². The number of hydrogen-bond donors (Lipinski definition) is 1. The molecule has 126 valence electrons. The Hall–Kier alpha value is -2.22. The van der Waals surface area contributed by atoms with E-state index < -0.39 is 0 Å². The Kier molecular flexibility index (Phi) is 4.29. The molecule has 0 amide bonds. The molecule has 3 aromatic rings. The molecule has 0 saturated heterocycles. The maximum absolute atomic E-state index is 4.16. The van der Waals surface area contributed by atoms with Gasteiger partial charge in [0, 0.05) is 9.27 Å². The predicted octanol–water partition coefficient (Wildman–Crippen LogP) is 4.46. The van der Waals surface area contributed by atoms with E-state index in [1.807, 2.05) is 4.68 Å². The highest BCUT2D eigenvalue weighted by Gasteiger charge is 2.24. The Labute approximate surface area is 160 Å². The van der Waals surface area contributed by atoms with Crippen LogP contribution in [0, 0.1) is 3.57 Å². The zero-order valence-corrected chi connectivity index (χ0v) is 16.2. The van der Waals surface area contributed by atoms with E-state index in [1.54, 1.807) is 0 Å². The Morgan fingerprint density at radius 1 is 1.04 bits per heavy atom. The first-order chi connectivity index (χ1) is 12.1. The number of nitrogens with zero attached hydrogens (tertiary/aromatic N) is 4. The highest BCUT2D eigenvalue weighted by Crippen LogP contribution is 2.32. The number of aromatic nitrogens is 4. The van der Waals surface area contributed by atoms with Gasteiger partial charge in [-0.05, 0) is 73.8 Å². The number of tetrazole rings is 1. The van der Waals surface area contributed by atoms with Gasteiger partial charge in [-0.15, -0.1) is 0 Å². The third-order valence-corrected chi connectivity index (χ3v) is 5.15. The summed E-state index contributed by atoms with van der Waals surface area (Å²) in [5, 5.41) is 15.4. The summed E-state index contributed by atoms with van der Waals surface area (Å²) < 4.78 is 3.03. The molecular weight excluding hydrogens is 425 g/mol. The van der Waals surface area contributed by atoms with Crippen molar-refractivity contribution in [3.8, 4) is 0 Å². The summed E-state index contributed by atoms with van der Waals surface area (Å²) in [6.07, 6.45) is 2.18. The first kappa shape index (κ1) is 16.3. The second-order valence-electron chi connectivity index (χ2n) is 6.43. The van der Waals surface area contributed by atoms with Gasteiger partial charge in [-0.1, -0.05) is 55.3 Å². The van der Waals surface area contributed by atoms with E-state index in [1.165, 1.54) is 14.7 Å². The molecule has 1 unspecified atom stereocenters. The number of hydrogen-bond acceptors (Lipinski definition) is 4. The Balaban J connectivity index is 1.75. The zero-order chi connectivity index (χ0) is 17.4. The van der Waals surface area contributed by atoms with Gasteiger partial charge in [-0.2, -0.15) is 4.68 Å². The topological polar surface area (TPSA) is 55.6 Å². The fourth-order valence-electron chi connectivity index (χ4n) is 2.97. The van der Waals surface area contributed by atoms with Gasteiger partial charge in [0.1, 0.15) is 6.04 Å². The second-order valence-corrected chi connectivity index (χ2v) is 7.67. The molecule has 1 N–H and O–H groups in total. The van der Waals surface area contributed by atoms with Crippen LogP contribution in [0.3, 0.4) is 0 Å². The van der Waals surface area contributed by atoms with Crippen LogP contribution in [0.2, 0.25) is 0 Å². The Morgan fingerprint density at radius 2 is 1.76 bits per heavy atom. The number of allylic oxidation sites excluding steroid dienone is 1. The molecule has 1 atom stereocenters. The van der Waals surface area contributed by atoms with E-state index in [0.29, 0.717) is 11.9 Å². The largest absolute Gasteiger partial charge is 0.323 e. The monoisotopic (exact) mass is 443 g/mol. The summed E-state index contributed by atoms with van der Waals surface area (Å²) >= 11 is 2.31. The lowest BCUT2D eigenvalue weighted by atomic mass is 9.97. The summed E-state index contributed by atoms with van der Waals surface area (Å²) in [5.74, 6) is 1.18. The molecule has 5 nitrogen and oxygen atoms in total. The van der Waals surface area contributed by atoms with E-state index in [2.05, 4.69) is 112 Å². The molecule has 0 spiro atoms. The van der Waals surface area contributed by atoms with Crippen molar-refractivity contribution in [2.45, 2.75) is 25.8 Å². The van der Waals surface area contributed by atoms with Crippen LogP contribution in [0.4, 0.5) is 5.95 Å². The lowest BCUT2D eigenvalue weighted by Crippen LogP contribution is -2.20. The lowest BCUT2D eigenvalue weighted by Gasteiger charge is -2.23. The van der Waals surface area contributed by atoms with Crippen molar-refractivity contribution in [3.63, 3.8) is 0 Å². The number of benzene rings is 2. The average molecular weight is 443 g/mol. The molecule has 0 bridgehead atoms. The van der Waals surface area contributed by atoms with Gasteiger partial charge in [0.05, 0.1) is 0 Å². The molecule has 1 aliphatic rings. The number of fused-ring (bicyclic) bond motifs is 1. The maximum Gasteiger partial charge on any atom is 0.248 e. The molecule has 2 heterocycles. The van der Waals surface area contributed by atoms with Crippen LogP contribution in [-0.2, 0) is 0 Å². The van der Waals surface area contributed by atoms with Crippen molar-refractivity contribution in [2.24, 2.45) is 0 Å². The van der Waals surface area contributed by atoms with Gasteiger partial charge in [-0.3, -0.25) is 0 Å². The van der Waals surface area contributed by atoms with E-state index in [-0.39, 0.29) is 6.04 Å². The highest BCUT2D eigenvalue weighted by atomic mass is 127. The summed E-state index contributed by atoms with van der Waals surface area (Å²) in [6.45, 7) is 4.40. The van der Waals surface area contributed by atoms with Gasteiger partial charge < -0.3 is 5.32 Å². The van der Waals surface area contributed by atoms with Crippen molar-refractivity contribution in [1.82, 2.24) is 20.2 Å². The lowest BCUT2D eigenvalue weighted by molar-refractivity contribution is 0.585. The van der Waals surface area contributed by atoms with Crippen LogP contribution >= 0.6 is 22.6 Å². The van der Waals surface area contributed by atoms with Crippen molar-refractivity contribution in [2.75, 3.05) is 5.32 Å². The Morgan fingerprint density at radius 3 is 2.44 bits per heavy atom. The van der Waals surface area contributed by atoms with Gasteiger partial charge in [0.2, 0.25) is 5.95 Å². The van der Waals surface area contributed by atoms with Crippen LogP contribution < -0.4 is 5.32 Å². The fourth-order valence-corrected chi connectivity index (χ4v) is 3.33. The summed E-state index contributed by atoms with van der Waals surface area (Å²) in [4.78, 5) is 0.